The van der Waals surface area contributed by atoms with E-state index in [1.807, 2.05) is 6.92 Å². The van der Waals surface area contributed by atoms with E-state index in [2.05, 4.69) is 35.5 Å². The first kappa shape index (κ1) is 12.2. The van der Waals surface area contributed by atoms with Crippen molar-refractivity contribution < 1.29 is 0 Å². The third kappa shape index (κ3) is 3.02. The van der Waals surface area contributed by atoms with Crippen molar-refractivity contribution in [3.8, 4) is 0 Å². The van der Waals surface area contributed by atoms with Gasteiger partial charge in [0.15, 0.2) is 0 Å². The van der Waals surface area contributed by atoms with Crippen LogP contribution < -0.4 is 5.73 Å². The molecule has 0 bridgehead atoms. The highest BCUT2D eigenvalue weighted by atomic mass is 15.3. The van der Waals surface area contributed by atoms with Crippen LogP contribution in [0.2, 0.25) is 0 Å². The normalized spacial score (nSPS) is 13.5. The lowest BCUT2D eigenvalue weighted by Gasteiger charge is -2.13. The summed E-state index contributed by atoms with van der Waals surface area (Å²) >= 11 is 0. The van der Waals surface area contributed by atoms with Gasteiger partial charge in [-0.3, -0.25) is 0 Å². The average Bonchev–Trinajstić information content (AvgIpc) is 2.56. The Labute approximate surface area is 91.9 Å². The molecule has 0 aromatic carbocycles. The average molecular weight is 210 g/mol. The van der Waals surface area contributed by atoms with Gasteiger partial charge in [0.2, 0.25) is 0 Å². The Morgan fingerprint density at radius 1 is 1.27 bits per heavy atom. The molecule has 0 aliphatic heterocycles. The maximum atomic E-state index is 5.60. The van der Waals surface area contributed by atoms with Crippen LogP contribution in [0.15, 0.2) is 0 Å². The van der Waals surface area contributed by atoms with Crippen molar-refractivity contribution >= 4 is 0 Å². The van der Waals surface area contributed by atoms with E-state index in [0.29, 0.717) is 12.0 Å². The quantitative estimate of drug-likeness (QED) is 0.804. The van der Waals surface area contributed by atoms with Gasteiger partial charge in [0.05, 0.1) is 0 Å². The number of nitrogens with zero attached hydrogens (tertiary/aromatic N) is 3. The molecule has 0 fully saturated rings. The van der Waals surface area contributed by atoms with Gasteiger partial charge in [0.25, 0.3) is 0 Å². The minimum absolute atomic E-state index is 0.434. The molecule has 1 atom stereocenters. The van der Waals surface area contributed by atoms with Crippen molar-refractivity contribution in [2.24, 2.45) is 11.7 Å². The van der Waals surface area contributed by atoms with Crippen LogP contribution in [0.5, 0.6) is 0 Å². The Bertz CT molecular complexity index is 304. The second-order valence-electron chi connectivity index (χ2n) is 4.51. The van der Waals surface area contributed by atoms with Crippen LogP contribution in [0.4, 0.5) is 0 Å². The highest BCUT2D eigenvalue weighted by Crippen LogP contribution is 2.14. The molecule has 2 N–H and O–H groups in total. The largest absolute Gasteiger partial charge is 0.330 e. The molecule has 1 unspecified atom stereocenters. The fraction of sp³-hybridized carbons (Fsp3) is 0.818. The van der Waals surface area contributed by atoms with Crippen molar-refractivity contribution in [2.45, 2.75) is 46.6 Å². The molecule has 0 saturated heterocycles. The molecule has 1 aromatic heterocycles. The summed E-state index contributed by atoms with van der Waals surface area (Å²) in [6.45, 7) is 9.24. The molecule has 1 rings (SSSR count). The fourth-order valence-corrected chi connectivity index (χ4v) is 1.75. The smallest absolute Gasteiger partial charge is 0.133 e. The Hall–Kier alpha value is -0.900. The summed E-state index contributed by atoms with van der Waals surface area (Å²) in [4.78, 5) is 0. The molecule has 15 heavy (non-hydrogen) atoms. The van der Waals surface area contributed by atoms with Crippen molar-refractivity contribution in [1.29, 1.82) is 0 Å². The van der Waals surface area contributed by atoms with Crippen LogP contribution >= 0.6 is 0 Å². The minimum atomic E-state index is 0.434. The van der Waals surface area contributed by atoms with Gasteiger partial charge >= 0.3 is 0 Å². The zero-order valence-electron chi connectivity index (χ0n) is 10.2. The van der Waals surface area contributed by atoms with Crippen LogP contribution in [0.1, 0.15) is 44.9 Å². The van der Waals surface area contributed by atoms with E-state index >= 15 is 0 Å². The van der Waals surface area contributed by atoms with Crippen molar-refractivity contribution in [1.82, 2.24) is 14.8 Å². The Morgan fingerprint density at radius 3 is 2.47 bits per heavy atom. The molecule has 0 aliphatic carbocycles. The first-order chi connectivity index (χ1) is 7.06. The van der Waals surface area contributed by atoms with Gasteiger partial charge in [-0.25, -0.2) is 0 Å². The van der Waals surface area contributed by atoms with Crippen LogP contribution in [-0.4, -0.2) is 21.3 Å². The predicted octanol–water partition coefficient (Wildman–Crippen LogP) is 1.69. The number of nitrogens with two attached hydrogens (primary N) is 1. The van der Waals surface area contributed by atoms with E-state index in [-0.39, 0.29) is 0 Å². The molecule has 1 aromatic rings. The molecule has 4 heteroatoms. The first-order valence-corrected chi connectivity index (χ1v) is 5.66. The summed E-state index contributed by atoms with van der Waals surface area (Å²) in [6, 6.07) is 0.434. The maximum absolute atomic E-state index is 5.60. The standard InChI is InChI=1S/C11H22N4/c1-8(2)15-10(4)13-14-11(15)6-5-9(3)7-12/h8-9H,5-7,12H2,1-4H3. The number of aryl methyl sites for hydroxylation is 2. The van der Waals surface area contributed by atoms with E-state index < -0.39 is 0 Å². The molecule has 1 heterocycles. The molecule has 86 valence electrons. The first-order valence-electron chi connectivity index (χ1n) is 5.66. The summed E-state index contributed by atoms with van der Waals surface area (Å²) in [7, 11) is 0. The minimum Gasteiger partial charge on any atom is -0.330 e. The predicted molar refractivity (Wildman–Crippen MR) is 61.7 cm³/mol. The van der Waals surface area contributed by atoms with E-state index in [4.69, 9.17) is 5.73 Å². The number of hydrogen-bond acceptors (Lipinski definition) is 3. The third-order valence-electron chi connectivity index (χ3n) is 2.72. The summed E-state index contributed by atoms with van der Waals surface area (Å²) < 4.78 is 2.20. The molecule has 4 nitrogen and oxygen atoms in total. The second-order valence-corrected chi connectivity index (χ2v) is 4.51. The van der Waals surface area contributed by atoms with Crippen LogP contribution in [0.25, 0.3) is 0 Å². The van der Waals surface area contributed by atoms with Crippen LogP contribution in [-0.2, 0) is 6.42 Å². The Morgan fingerprint density at radius 2 is 1.93 bits per heavy atom. The third-order valence-corrected chi connectivity index (χ3v) is 2.72. The van der Waals surface area contributed by atoms with Crippen LogP contribution in [0.3, 0.4) is 0 Å². The van der Waals surface area contributed by atoms with Gasteiger partial charge in [-0.1, -0.05) is 6.92 Å². The van der Waals surface area contributed by atoms with Gasteiger partial charge in [-0.2, -0.15) is 0 Å². The van der Waals surface area contributed by atoms with Gasteiger partial charge in [-0.05, 0) is 39.7 Å². The second kappa shape index (κ2) is 5.26. The van der Waals surface area contributed by atoms with E-state index in [1.54, 1.807) is 0 Å². The summed E-state index contributed by atoms with van der Waals surface area (Å²) in [5, 5.41) is 8.34. The van der Waals surface area contributed by atoms with Gasteiger partial charge in [0.1, 0.15) is 11.6 Å². The highest BCUT2D eigenvalue weighted by molar-refractivity contribution is 4.96. The number of rotatable bonds is 5. The van der Waals surface area contributed by atoms with Crippen LogP contribution in [0, 0.1) is 12.8 Å². The number of aromatic nitrogens is 3. The van der Waals surface area contributed by atoms with E-state index in [1.165, 1.54) is 0 Å². The lowest BCUT2D eigenvalue weighted by molar-refractivity contribution is 0.501. The lowest BCUT2D eigenvalue weighted by atomic mass is 10.1. The molecule has 0 spiro atoms. The molecule has 0 saturated carbocycles. The van der Waals surface area contributed by atoms with Crippen molar-refractivity contribution in [3.63, 3.8) is 0 Å². The van der Waals surface area contributed by atoms with Crippen molar-refractivity contribution in [2.75, 3.05) is 6.54 Å². The number of hydrogen-bond donors (Lipinski definition) is 1. The zero-order valence-corrected chi connectivity index (χ0v) is 10.2. The lowest BCUT2D eigenvalue weighted by Crippen LogP contribution is -2.14. The molecular formula is C11H22N4. The Kier molecular flexibility index (Phi) is 4.27. The molecular weight excluding hydrogens is 188 g/mol. The van der Waals surface area contributed by atoms with E-state index in [0.717, 1.165) is 31.0 Å². The molecule has 0 amide bonds. The Balaban J connectivity index is 2.68. The summed E-state index contributed by atoms with van der Waals surface area (Å²) in [5.74, 6) is 2.64. The van der Waals surface area contributed by atoms with Crippen molar-refractivity contribution in [3.05, 3.63) is 11.6 Å². The zero-order chi connectivity index (χ0) is 11.4. The monoisotopic (exact) mass is 210 g/mol. The molecule has 0 aliphatic rings. The van der Waals surface area contributed by atoms with Gasteiger partial charge in [-0.15, -0.1) is 10.2 Å². The SMILES string of the molecule is Cc1nnc(CCC(C)CN)n1C(C)C. The fourth-order valence-electron chi connectivity index (χ4n) is 1.75. The summed E-state index contributed by atoms with van der Waals surface area (Å²) in [5.41, 5.74) is 5.60. The topological polar surface area (TPSA) is 56.7 Å². The van der Waals surface area contributed by atoms with Gasteiger partial charge < -0.3 is 10.3 Å². The maximum Gasteiger partial charge on any atom is 0.133 e. The summed E-state index contributed by atoms with van der Waals surface area (Å²) in [6.07, 6.45) is 2.05. The van der Waals surface area contributed by atoms with E-state index in [9.17, 15) is 0 Å². The molecule has 0 radical (unpaired) electrons. The van der Waals surface area contributed by atoms with Gasteiger partial charge in [0, 0.05) is 12.5 Å². The highest BCUT2D eigenvalue weighted by Gasteiger charge is 2.12.